The van der Waals surface area contributed by atoms with E-state index in [1.54, 1.807) is 19.9 Å². The summed E-state index contributed by atoms with van der Waals surface area (Å²) in [6.45, 7) is 3.54. The van der Waals surface area contributed by atoms with Gasteiger partial charge in [0, 0.05) is 18.0 Å². The molecule has 2 N–H and O–H groups in total. The summed E-state index contributed by atoms with van der Waals surface area (Å²) in [4.78, 5) is 19.2. The molecule has 2 aromatic heterocycles. The van der Waals surface area contributed by atoms with Gasteiger partial charge in [0.1, 0.15) is 23.1 Å². The van der Waals surface area contributed by atoms with Gasteiger partial charge in [-0.05, 0) is 19.9 Å². The second-order valence-corrected chi connectivity index (χ2v) is 4.21. The van der Waals surface area contributed by atoms with E-state index in [0.29, 0.717) is 22.8 Å². The zero-order valence-corrected chi connectivity index (χ0v) is 11.0. The van der Waals surface area contributed by atoms with Crippen LogP contribution in [-0.2, 0) is 0 Å². The summed E-state index contributed by atoms with van der Waals surface area (Å²) < 4.78 is 5.62. The first-order valence-corrected chi connectivity index (χ1v) is 5.82. The van der Waals surface area contributed by atoms with Gasteiger partial charge in [-0.25, -0.2) is 0 Å². The monoisotopic (exact) mass is 268 g/mol. The summed E-state index contributed by atoms with van der Waals surface area (Å²) in [6.07, 6.45) is 2.79. The number of amides is 1. The van der Waals surface area contributed by atoms with E-state index < -0.39 is 5.91 Å². The highest BCUT2D eigenvalue weighted by Crippen LogP contribution is 2.27. The molecule has 0 aliphatic carbocycles. The van der Waals surface area contributed by atoms with Crippen LogP contribution in [0, 0.1) is 25.2 Å². The fourth-order valence-electron chi connectivity index (χ4n) is 1.75. The number of aromatic nitrogens is 2. The predicted molar refractivity (Wildman–Crippen MR) is 71.3 cm³/mol. The minimum Gasteiger partial charge on any atom is -0.454 e. The largest absolute Gasteiger partial charge is 0.454 e. The van der Waals surface area contributed by atoms with Gasteiger partial charge in [0.15, 0.2) is 0 Å². The van der Waals surface area contributed by atoms with Crippen LogP contribution < -0.4 is 10.5 Å². The topological polar surface area (TPSA) is 102 Å². The maximum atomic E-state index is 11.1. The highest BCUT2D eigenvalue weighted by Gasteiger charge is 2.11. The predicted octanol–water partition coefficient (Wildman–Crippen LogP) is 1.86. The van der Waals surface area contributed by atoms with Crippen LogP contribution in [0.25, 0.3) is 0 Å². The molecule has 0 aromatic carbocycles. The van der Waals surface area contributed by atoms with Gasteiger partial charge in [-0.1, -0.05) is 0 Å². The van der Waals surface area contributed by atoms with Gasteiger partial charge in [0.25, 0.3) is 0 Å². The molecule has 0 spiro atoms. The summed E-state index contributed by atoms with van der Waals surface area (Å²) in [7, 11) is 0. The van der Waals surface area contributed by atoms with E-state index in [2.05, 4.69) is 9.97 Å². The van der Waals surface area contributed by atoms with E-state index in [0.717, 1.165) is 5.69 Å². The molecule has 6 nitrogen and oxygen atoms in total. The molecular weight excluding hydrogens is 256 g/mol. The molecule has 0 radical (unpaired) electrons. The number of nitrogens with zero attached hydrogens (tertiary/aromatic N) is 3. The fourth-order valence-corrected chi connectivity index (χ4v) is 1.75. The number of nitriles is 1. The first kappa shape index (κ1) is 13.5. The minimum atomic E-state index is -0.592. The lowest BCUT2D eigenvalue weighted by atomic mass is 10.2. The van der Waals surface area contributed by atoms with Gasteiger partial charge < -0.3 is 10.5 Å². The molecule has 0 saturated heterocycles. The Hall–Kier alpha value is -2.94. The van der Waals surface area contributed by atoms with Gasteiger partial charge in [-0.3, -0.25) is 14.8 Å². The summed E-state index contributed by atoms with van der Waals surface area (Å²) in [6, 6.07) is 5.18. The van der Waals surface area contributed by atoms with Crippen molar-refractivity contribution in [1.29, 1.82) is 5.26 Å². The third-order valence-electron chi connectivity index (χ3n) is 2.63. The van der Waals surface area contributed by atoms with Crippen LogP contribution >= 0.6 is 0 Å². The van der Waals surface area contributed by atoms with Gasteiger partial charge in [-0.15, -0.1) is 0 Å². The maximum absolute atomic E-state index is 11.1. The lowest BCUT2D eigenvalue weighted by Crippen LogP contribution is -2.11. The lowest BCUT2D eigenvalue weighted by Gasteiger charge is -2.10. The van der Waals surface area contributed by atoms with Gasteiger partial charge in [0.05, 0.1) is 17.5 Å². The van der Waals surface area contributed by atoms with E-state index in [9.17, 15) is 4.79 Å². The van der Waals surface area contributed by atoms with Gasteiger partial charge in [0.2, 0.25) is 5.91 Å². The molecule has 1 amide bonds. The van der Waals surface area contributed by atoms with Gasteiger partial charge >= 0.3 is 0 Å². The Kier molecular flexibility index (Phi) is 3.62. The van der Waals surface area contributed by atoms with E-state index in [-0.39, 0.29) is 5.56 Å². The second kappa shape index (κ2) is 5.36. The number of pyridine rings is 2. The Bertz CT molecular complexity index is 720. The molecule has 2 heterocycles. The maximum Gasteiger partial charge on any atom is 0.250 e. The molecule has 0 unspecified atom stereocenters. The van der Waals surface area contributed by atoms with E-state index in [4.69, 9.17) is 15.7 Å². The van der Waals surface area contributed by atoms with E-state index >= 15 is 0 Å². The molecular formula is C14H12N4O2. The quantitative estimate of drug-likeness (QED) is 0.915. The Morgan fingerprint density at radius 3 is 2.75 bits per heavy atom. The van der Waals surface area contributed by atoms with Crippen LogP contribution in [0.1, 0.15) is 27.3 Å². The van der Waals surface area contributed by atoms with Crippen molar-refractivity contribution in [1.82, 2.24) is 9.97 Å². The number of aryl methyl sites for hydroxylation is 2. The molecule has 0 saturated carbocycles. The average Bonchev–Trinajstić information content (AvgIpc) is 2.38. The number of rotatable bonds is 3. The van der Waals surface area contributed by atoms with Crippen molar-refractivity contribution >= 4 is 5.91 Å². The zero-order chi connectivity index (χ0) is 14.7. The molecule has 6 heteroatoms. The number of carbonyl (C=O) groups is 1. The van der Waals surface area contributed by atoms with Crippen LogP contribution in [0.4, 0.5) is 0 Å². The third kappa shape index (κ3) is 2.72. The molecule has 0 atom stereocenters. The lowest BCUT2D eigenvalue weighted by molar-refractivity contribution is 0.0999. The number of hydrogen-bond donors (Lipinski definition) is 1. The molecule has 0 aliphatic heterocycles. The summed E-state index contributed by atoms with van der Waals surface area (Å²) in [5, 5.41) is 9.15. The zero-order valence-electron chi connectivity index (χ0n) is 11.0. The normalized spacial score (nSPS) is 9.85. The third-order valence-corrected chi connectivity index (χ3v) is 2.63. The summed E-state index contributed by atoms with van der Waals surface area (Å²) in [5.41, 5.74) is 7.09. The van der Waals surface area contributed by atoms with Crippen LogP contribution in [0.5, 0.6) is 11.5 Å². The number of carbonyl (C=O) groups excluding carboxylic acids is 1. The molecule has 0 aliphatic rings. The number of nitrogens with two attached hydrogens (primary N) is 1. The SMILES string of the molecule is Cc1cc(Oc2cncc(C(N)=O)c2)c(C#N)c(C)n1. The first-order chi connectivity index (χ1) is 9.51. The summed E-state index contributed by atoms with van der Waals surface area (Å²) >= 11 is 0. The van der Waals surface area contributed by atoms with Crippen molar-refractivity contribution in [2.75, 3.05) is 0 Å². The Labute approximate surface area is 115 Å². The number of hydrogen-bond acceptors (Lipinski definition) is 5. The van der Waals surface area contributed by atoms with E-state index in [1.165, 1.54) is 18.5 Å². The van der Waals surface area contributed by atoms with Crippen LogP contribution in [-0.4, -0.2) is 15.9 Å². The fraction of sp³-hybridized carbons (Fsp3) is 0.143. The Morgan fingerprint density at radius 2 is 2.10 bits per heavy atom. The number of ether oxygens (including phenoxy) is 1. The average molecular weight is 268 g/mol. The molecule has 2 rings (SSSR count). The minimum absolute atomic E-state index is 0.239. The smallest absolute Gasteiger partial charge is 0.250 e. The molecule has 0 bridgehead atoms. The standard InChI is InChI=1S/C14H12N4O2/c1-8-3-13(12(5-15)9(2)18-8)20-11-4-10(14(16)19)6-17-7-11/h3-4,6-7H,1-2H3,(H2,16,19). The molecule has 2 aromatic rings. The van der Waals surface area contributed by atoms with Gasteiger partial charge in [-0.2, -0.15) is 5.26 Å². The van der Waals surface area contributed by atoms with Crippen molar-refractivity contribution in [3.05, 3.63) is 47.0 Å². The second-order valence-electron chi connectivity index (χ2n) is 4.21. The van der Waals surface area contributed by atoms with Crippen molar-refractivity contribution in [2.24, 2.45) is 5.73 Å². The van der Waals surface area contributed by atoms with Crippen molar-refractivity contribution in [3.63, 3.8) is 0 Å². The van der Waals surface area contributed by atoms with E-state index in [1.807, 2.05) is 6.07 Å². The molecule has 0 fully saturated rings. The van der Waals surface area contributed by atoms with Crippen LogP contribution in [0.15, 0.2) is 24.5 Å². The van der Waals surface area contributed by atoms with Crippen molar-refractivity contribution in [3.8, 4) is 17.6 Å². The summed E-state index contributed by atoms with van der Waals surface area (Å²) in [5.74, 6) is 0.120. The van der Waals surface area contributed by atoms with Crippen LogP contribution in [0.3, 0.4) is 0 Å². The van der Waals surface area contributed by atoms with Crippen LogP contribution in [0.2, 0.25) is 0 Å². The molecule has 100 valence electrons. The first-order valence-electron chi connectivity index (χ1n) is 5.82. The Balaban J connectivity index is 2.42. The van der Waals surface area contributed by atoms with Crippen molar-refractivity contribution < 1.29 is 9.53 Å². The van der Waals surface area contributed by atoms with Crippen molar-refractivity contribution in [2.45, 2.75) is 13.8 Å². The molecule has 20 heavy (non-hydrogen) atoms. The number of primary amides is 1. The highest BCUT2D eigenvalue weighted by atomic mass is 16.5. The highest BCUT2D eigenvalue weighted by molar-refractivity contribution is 5.92. The Morgan fingerprint density at radius 1 is 1.35 bits per heavy atom.